The van der Waals surface area contributed by atoms with Crippen molar-refractivity contribution in [1.82, 2.24) is 4.98 Å². The van der Waals surface area contributed by atoms with Gasteiger partial charge in [-0.15, -0.1) is 11.3 Å². The quantitative estimate of drug-likeness (QED) is 0.716. The van der Waals surface area contributed by atoms with Crippen LogP contribution < -0.4 is 10.6 Å². The lowest BCUT2D eigenvalue weighted by Gasteiger charge is -2.08. The molecule has 3 aromatic rings. The first kappa shape index (κ1) is 17.7. The zero-order valence-electron chi connectivity index (χ0n) is 13.5. The smallest absolute Gasteiger partial charge is 0.275 e. The molecule has 26 heavy (non-hydrogen) atoms. The molecule has 0 saturated carbocycles. The predicted octanol–water partition coefficient (Wildman–Crippen LogP) is 4.30. The van der Waals surface area contributed by atoms with Crippen molar-refractivity contribution in [1.29, 1.82) is 0 Å². The Morgan fingerprint density at radius 2 is 1.77 bits per heavy atom. The lowest BCUT2D eigenvalue weighted by atomic mass is 10.2. The molecule has 0 fully saturated rings. The van der Waals surface area contributed by atoms with E-state index in [2.05, 4.69) is 15.6 Å². The Bertz CT molecular complexity index is 971. The molecule has 8 heteroatoms. The number of hydrogen-bond donors (Lipinski definition) is 2. The zero-order chi connectivity index (χ0) is 18.7. The van der Waals surface area contributed by atoms with Crippen molar-refractivity contribution < 1.29 is 18.4 Å². The van der Waals surface area contributed by atoms with Gasteiger partial charge in [-0.2, -0.15) is 0 Å². The summed E-state index contributed by atoms with van der Waals surface area (Å²) < 4.78 is 26.9. The number of thiazole rings is 1. The molecular weight excluding hydrogens is 360 g/mol. The molecule has 0 aliphatic heterocycles. The van der Waals surface area contributed by atoms with Crippen LogP contribution in [0, 0.1) is 11.6 Å². The minimum atomic E-state index is -0.638. The Morgan fingerprint density at radius 1 is 1.04 bits per heavy atom. The van der Waals surface area contributed by atoms with Crippen LogP contribution >= 0.6 is 11.3 Å². The summed E-state index contributed by atoms with van der Waals surface area (Å²) in [7, 11) is 0. The van der Waals surface area contributed by atoms with Gasteiger partial charge in [0.05, 0.1) is 5.69 Å². The molecule has 2 amide bonds. The molecule has 0 radical (unpaired) electrons. The van der Waals surface area contributed by atoms with Crippen molar-refractivity contribution in [3.8, 4) is 10.6 Å². The van der Waals surface area contributed by atoms with Gasteiger partial charge in [0.2, 0.25) is 5.91 Å². The summed E-state index contributed by atoms with van der Waals surface area (Å²) in [5.74, 6) is -1.90. The molecule has 1 heterocycles. The number of amides is 2. The Balaban J connectivity index is 1.78. The molecule has 3 rings (SSSR count). The van der Waals surface area contributed by atoms with E-state index in [1.165, 1.54) is 47.9 Å². The maximum Gasteiger partial charge on any atom is 0.275 e. The molecule has 0 spiro atoms. The van der Waals surface area contributed by atoms with Crippen molar-refractivity contribution in [3.05, 3.63) is 65.2 Å². The molecule has 2 aromatic carbocycles. The lowest BCUT2D eigenvalue weighted by Crippen LogP contribution is -2.14. The number of halogens is 2. The van der Waals surface area contributed by atoms with E-state index >= 15 is 0 Å². The van der Waals surface area contributed by atoms with Gasteiger partial charge in [-0.05, 0) is 42.5 Å². The highest BCUT2D eigenvalue weighted by atomic mass is 32.1. The van der Waals surface area contributed by atoms with E-state index < -0.39 is 11.7 Å². The summed E-state index contributed by atoms with van der Waals surface area (Å²) in [4.78, 5) is 27.6. The largest absolute Gasteiger partial charge is 0.326 e. The number of aromatic nitrogens is 1. The molecule has 132 valence electrons. The molecule has 2 N–H and O–H groups in total. The molecule has 0 bridgehead atoms. The third-order valence-electron chi connectivity index (χ3n) is 3.36. The van der Waals surface area contributed by atoms with Gasteiger partial charge in [-0.25, -0.2) is 13.8 Å². The van der Waals surface area contributed by atoms with Crippen LogP contribution in [0.3, 0.4) is 0 Å². The highest BCUT2D eigenvalue weighted by Gasteiger charge is 2.14. The first-order valence-corrected chi connectivity index (χ1v) is 8.40. The van der Waals surface area contributed by atoms with Crippen LogP contribution in [-0.4, -0.2) is 16.8 Å². The Labute approximate surface area is 151 Å². The highest BCUT2D eigenvalue weighted by molar-refractivity contribution is 7.13. The fraction of sp³-hybridized carbons (Fsp3) is 0.0556. The van der Waals surface area contributed by atoms with Gasteiger partial charge < -0.3 is 10.6 Å². The van der Waals surface area contributed by atoms with E-state index in [4.69, 9.17) is 0 Å². The van der Waals surface area contributed by atoms with Crippen LogP contribution in [0.2, 0.25) is 0 Å². The van der Waals surface area contributed by atoms with Crippen LogP contribution in [0.1, 0.15) is 17.4 Å². The van der Waals surface area contributed by atoms with E-state index in [9.17, 15) is 18.4 Å². The second-order valence-corrected chi connectivity index (χ2v) is 6.23. The Hall–Kier alpha value is -3.13. The van der Waals surface area contributed by atoms with Gasteiger partial charge in [0.25, 0.3) is 5.91 Å². The number of hydrogen-bond acceptors (Lipinski definition) is 4. The lowest BCUT2D eigenvalue weighted by molar-refractivity contribution is -0.114. The third-order valence-corrected chi connectivity index (χ3v) is 4.25. The molecule has 0 aliphatic carbocycles. The van der Waals surface area contributed by atoms with E-state index in [1.807, 2.05) is 0 Å². The van der Waals surface area contributed by atoms with Gasteiger partial charge in [0, 0.05) is 23.6 Å². The molecule has 0 atom stereocenters. The number of nitrogens with zero attached hydrogens (tertiary/aromatic N) is 1. The second-order valence-electron chi connectivity index (χ2n) is 5.37. The Kier molecular flexibility index (Phi) is 5.04. The summed E-state index contributed by atoms with van der Waals surface area (Å²) in [6, 6.07) is 9.59. The number of benzene rings is 2. The summed E-state index contributed by atoms with van der Waals surface area (Å²) in [5.41, 5.74) is 1.07. The van der Waals surface area contributed by atoms with Gasteiger partial charge >= 0.3 is 0 Å². The summed E-state index contributed by atoms with van der Waals surface area (Å²) in [6.07, 6.45) is 0. The van der Waals surface area contributed by atoms with Crippen molar-refractivity contribution in [2.24, 2.45) is 0 Å². The SMILES string of the molecule is CC(=O)Nc1ccc(F)c(NC(=O)c2csc(-c3ccc(F)cc3)n2)c1. The minimum absolute atomic E-state index is 0.0717. The van der Waals surface area contributed by atoms with Crippen molar-refractivity contribution in [2.75, 3.05) is 10.6 Å². The average molecular weight is 373 g/mol. The van der Waals surface area contributed by atoms with E-state index in [0.29, 0.717) is 16.3 Å². The van der Waals surface area contributed by atoms with Crippen LogP contribution in [0.4, 0.5) is 20.2 Å². The number of carbonyl (C=O) groups is 2. The van der Waals surface area contributed by atoms with Crippen LogP contribution in [0.25, 0.3) is 10.6 Å². The molecular formula is C18H13F2N3O2S. The average Bonchev–Trinajstić information content (AvgIpc) is 3.08. The molecule has 0 unspecified atom stereocenters. The summed E-state index contributed by atoms with van der Waals surface area (Å²) in [6.45, 7) is 1.33. The second kappa shape index (κ2) is 7.40. The predicted molar refractivity (Wildman–Crippen MR) is 96.2 cm³/mol. The van der Waals surface area contributed by atoms with Gasteiger partial charge in [0.15, 0.2) is 0 Å². The summed E-state index contributed by atoms with van der Waals surface area (Å²) >= 11 is 1.22. The van der Waals surface area contributed by atoms with Gasteiger partial charge in [-0.1, -0.05) is 0 Å². The van der Waals surface area contributed by atoms with E-state index in [1.54, 1.807) is 12.1 Å². The van der Waals surface area contributed by atoms with Crippen molar-refractivity contribution >= 4 is 34.5 Å². The first-order chi connectivity index (χ1) is 12.4. The van der Waals surface area contributed by atoms with Crippen LogP contribution in [0.5, 0.6) is 0 Å². The van der Waals surface area contributed by atoms with Crippen molar-refractivity contribution in [2.45, 2.75) is 6.92 Å². The van der Waals surface area contributed by atoms with Gasteiger partial charge in [-0.3, -0.25) is 9.59 Å². The monoisotopic (exact) mass is 373 g/mol. The van der Waals surface area contributed by atoms with Gasteiger partial charge in [0.1, 0.15) is 22.3 Å². The molecule has 0 aliphatic rings. The number of anilines is 2. The first-order valence-electron chi connectivity index (χ1n) is 7.52. The fourth-order valence-corrected chi connectivity index (χ4v) is 3.00. The fourth-order valence-electron chi connectivity index (χ4n) is 2.19. The topological polar surface area (TPSA) is 71.1 Å². The third kappa shape index (κ3) is 4.09. The summed E-state index contributed by atoms with van der Waals surface area (Å²) in [5, 5.41) is 7.02. The zero-order valence-corrected chi connectivity index (χ0v) is 14.4. The normalized spacial score (nSPS) is 10.4. The van der Waals surface area contributed by atoms with Crippen molar-refractivity contribution in [3.63, 3.8) is 0 Å². The number of nitrogens with one attached hydrogen (secondary N) is 2. The van der Waals surface area contributed by atoms with E-state index in [-0.39, 0.29) is 23.1 Å². The maximum atomic E-state index is 13.9. The number of rotatable bonds is 4. The Morgan fingerprint density at radius 3 is 2.46 bits per heavy atom. The maximum absolute atomic E-state index is 13.9. The molecule has 5 nitrogen and oxygen atoms in total. The standard InChI is InChI=1S/C18H13F2N3O2S/c1-10(24)21-13-6-7-14(20)15(8-13)22-17(25)16-9-26-18(23-16)11-2-4-12(19)5-3-11/h2-9H,1H3,(H,21,24)(H,22,25). The van der Waals surface area contributed by atoms with Crippen LogP contribution in [-0.2, 0) is 4.79 Å². The van der Waals surface area contributed by atoms with Crippen LogP contribution in [0.15, 0.2) is 47.8 Å². The highest BCUT2D eigenvalue weighted by Crippen LogP contribution is 2.25. The minimum Gasteiger partial charge on any atom is -0.326 e. The molecule has 0 saturated heterocycles. The van der Waals surface area contributed by atoms with E-state index in [0.717, 1.165) is 6.07 Å². The molecule has 1 aromatic heterocycles. The number of carbonyl (C=O) groups excluding carboxylic acids is 2.